The molecule has 3 nitrogen and oxygen atoms in total. The maximum Gasteiger partial charge on any atom is 0.123 e. The minimum atomic E-state index is -1.13. The zero-order valence-corrected chi connectivity index (χ0v) is 17.0. The van der Waals surface area contributed by atoms with Crippen LogP contribution in [0, 0.1) is 11.7 Å². The van der Waals surface area contributed by atoms with Gasteiger partial charge in [0.25, 0.3) is 0 Å². The zero-order valence-electron chi connectivity index (χ0n) is 17.0. The van der Waals surface area contributed by atoms with Crippen molar-refractivity contribution in [2.45, 2.75) is 31.3 Å². The second kappa shape index (κ2) is 8.89. The highest BCUT2D eigenvalue weighted by Gasteiger charge is 2.42. The maximum absolute atomic E-state index is 13.6. The molecular weight excluding hydrogens is 353 g/mol. The summed E-state index contributed by atoms with van der Waals surface area (Å²) in [6.45, 7) is 0.767. The van der Waals surface area contributed by atoms with Crippen molar-refractivity contribution in [3.8, 4) is 5.75 Å². The van der Waals surface area contributed by atoms with Crippen molar-refractivity contribution in [2.75, 3.05) is 27.7 Å². The van der Waals surface area contributed by atoms with Gasteiger partial charge in [-0.25, -0.2) is 4.39 Å². The quantitative estimate of drug-likeness (QED) is 0.749. The average molecular weight is 384 g/mol. The van der Waals surface area contributed by atoms with Crippen LogP contribution < -0.4 is 4.74 Å². The molecule has 2 aromatic rings. The molecule has 1 aliphatic carbocycles. The zero-order chi connectivity index (χ0) is 20.1. The van der Waals surface area contributed by atoms with Gasteiger partial charge in [-0.15, -0.1) is 0 Å². The number of nitrogens with zero attached hydrogens (tertiary/aromatic N) is 1. The Morgan fingerprint density at radius 3 is 2.61 bits per heavy atom. The summed E-state index contributed by atoms with van der Waals surface area (Å²) in [6, 6.07) is 14.2. The van der Waals surface area contributed by atoms with E-state index in [4.69, 9.17) is 4.74 Å². The number of hydrogen-bond acceptors (Lipinski definition) is 3. The molecule has 0 radical (unpaired) electrons. The summed E-state index contributed by atoms with van der Waals surface area (Å²) < 4.78 is 18.9. The smallest absolute Gasteiger partial charge is 0.123 e. The molecule has 0 aromatic heterocycles. The van der Waals surface area contributed by atoms with Crippen molar-refractivity contribution in [2.24, 2.45) is 5.92 Å². The number of benzene rings is 2. The number of hydrogen-bond donors (Lipinski definition) is 1. The van der Waals surface area contributed by atoms with Crippen molar-refractivity contribution in [3.05, 3.63) is 71.0 Å². The van der Waals surface area contributed by atoms with Crippen molar-refractivity contribution < 1.29 is 14.2 Å². The minimum Gasteiger partial charge on any atom is -0.497 e. The average Bonchev–Trinajstić information content (AvgIpc) is 2.83. The standard InChI is InChI=1S/C24H30FNO2/c1-26(2)17-21-9-5-4-8-20(15-18-7-6-10-23(16-18)28-3)24(21,27)19-11-13-22(25)14-12-19/h6-7,10-16,21,27H,4-5,8-9,17H2,1-3H3/b20-15+. The molecule has 2 unspecified atom stereocenters. The highest BCUT2D eigenvalue weighted by molar-refractivity contribution is 5.58. The first-order chi connectivity index (χ1) is 13.4. The highest BCUT2D eigenvalue weighted by atomic mass is 19.1. The third-order valence-corrected chi connectivity index (χ3v) is 5.63. The molecule has 0 heterocycles. The molecule has 3 rings (SSSR count). The van der Waals surface area contributed by atoms with Crippen LogP contribution in [-0.2, 0) is 5.60 Å². The SMILES string of the molecule is COc1cccc(/C=C2\CCCCC(CN(C)C)C2(O)c2ccc(F)cc2)c1. The first-order valence-corrected chi connectivity index (χ1v) is 9.91. The van der Waals surface area contributed by atoms with Crippen LogP contribution in [0.5, 0.6) is 5.75 Å². The van der Waals surface area contributed by atoms with E-state index in [1.54, 1.807) is 19.2 Å². The molecule has 0 aliphatic heterocycles. The van der Waals surface area contributed by atoms with Crippen LogP contribution in [0.25, 0.3) is 6.08 Å². The van der Waals surface area contributed by atoms with E-state index in [1.807, 2.05) is 38.4 Å². The predicted molar refractivity (Wildman–Crippen MR) is 112 cm³/mol. The Bertz CT molecular complexity index is 816. The number of rotatable bonds is 5. The van der Waals surface area contributed by atoms with E-state index in [0.717, 1.165) is 54.7 Å². The van der Waals surface area contributed by atoms with E-state index in [9.17, 15) is 9.50 Å². The highest BCUT2D eigenvalue weighted by Crippen LogP contribution is 2.45. The van der Waals surface area contributed by atoms with Gasteiger partial charge < -0.3 is 14.7 Å². The normalized spacial score (nSPS) is 24.4. The van der Waals surface area contributed by atoms with E-state index in [2.05, 4.69) is 11.0 Å². The van der Waals surface area contributed by atoms with Crippen LogP contribution in [0.3, 0.4) is 0 Å². The monoisotopic (exact) mass is 383 g/mol. The number of halogens is 1. The first-order valence-electron chi connectivity index (χ1n) is 9.91. The first kappa shape index (κ1) is 20.6. The minimum absolute atomic E-state index is 0.0346. The molecule has 1 aliphatic rings. The second-order valence-electron chi connectivity index (χ2n) is 7.92. The van der Waals surface area contributed by atoms with Crippen molar-refractivity contribution in [1.29, 1.82) is 0 Å². The fourth-order valence-electron chi connectivity index (χ4n) is 4.27. The van der Waals surface area contributed by atoms with Gasteiger partial charge in [-0.1, -0.05) is 36.8 Å². The number of ether oxygens (including phenoxy) is 1. The predicted octanol–water partition coefficient (Wildman–Crippen LogP) is 4.86. The third kappa shape index (κ3) is 4.45. The Morgan fingerprint density at radius 1 is 1.18 bits per heavy atom. The van der Waals surface area contributed by atoms with Crippen LogP contribution in [0.4, 0.5) is 4.39 Å². The van der Waals surface area contributed by atoms with E-state index in [1.165, 1.54) is 12.1 Å². The van der Waals surface area contributed by atoms with Gasteiger partial charge in [0, 0.05) is 12.5 Å². The molecule has 4 heteroatoms. The van der Waals surface area contributed by atoms with Gasteiger partial charge >= 0.3 is 0 Å². The summed E-state index contributed by atoms with van der Waals surface area (Å²) in [5.74, 6) is 0.536. The summed E-state index contributed by atoms with van der Waals surface area (Å²) in [5.41, 5.74) is 1.62. The molecule has 1 fully saturated rings. The molecule has 1 saturated carbocycles. The van der Waals surface area contributed by atoms with Crippen LogP contribution >= 0.6 is 0 Å². The van der Waals surface area contributed by atoms with Gasteiger partial charge in [0.15, 0.2) is 0 Å². The van der Waals surface area contributed by atoms with Crippen LogP contribution in [0.2, 0.25) is 0 Å². The summed E-state index contributed by atoms with van der Waals surface area (Å²) in [4.78, 5) is 2.12. The molecule has 28 heavy (non-hydrogen) atoms. The van der Waals surface area contributed by atoms with Crippen molar-refractivity contribution >= 4 is 6.08 Å². The Labute approximate surface area is 167 Å². The fourth-order valence-corrected chi connectivity index (χ4v) is 4.27. The lowest BCUT2D eigenvalue weighted by molar-refractivity contribution is 0.000438. The van der Waals surface area contributed by atoms with E-state index < -0.39 is 5.60 Å². The van der Waals surface area contributed by atoms with Gasteiger partial charge in [-0.05, 0) is 74.3 Å². The van der Waals surface area contributed by atoms with Gasteiger partial charge in [0.05, 0.1) is 7.11 Å². The lowest BCUT2D eigenvalue weighted by atomic mass is 9.74. The van der Waals surface area contributed by atoms with E-state index in [-0.39, 0.29) is 11.7 Å². The maximum atomic E-state index is 13.6. The number of aliphatic hydroxyl groups is 1. The molecule has 0 bridgehead atoms. The Balaban J connectivity index is 2.12. The van der Waals surface area contributed by atoms with Crippen LogP contribution in [0.1, 0.15) is 36.8 Å². The lowest BCUT2D eigenvalue weighted by Gasteiger charge is -2.39. The summed E-state index contributed by atoms with van der Waals surface area (Å²) in [7, 11) is 5.71. The Morgan fingerprint density at radius 2 is 1.93 bits per heavy atom. The molecule has 0 spiro atoms. The molecule has 0 saturated heterocycles. The van der Waals surface area contributed by atoms with Crippen molar-refractivity contribution in [1.82, 2.24) is 4.90 Å². The molecule has 1 N–H and O–H groups in total. The van der Waals surface area contributed by atoms with Gasteiger partial charge in [-0.2, -0.15) is 0 Å². The van der Waals surface area contributed by atoms with Crippen LogP contribution in [0.15, 0.2) is 54.1 Å². The Hall–Kier alpha value is -2.17. The van der Waals surface area contributed by atoms with Gasteiger partial charge in [-0.3, -0.25) is 0 Å². The third-order valence-electron chi connectivity index (χ3n) is 5.63. The summed E-state index contributed by atoms with van der Waals surface area (Å²) in [6.07, 6.45) is 5.93. The lowest BCUT2D eigenvalue weighted by Crippen LogP contribution is -2.41. The van der Waals surface area contributed by atoms with Gasteiger partial charge in [0.2, 0.25) is 0 Å². The molecular formula is C24H30FNO2. The van der Waals surface area contributed by atoms with E-state index >= 15 is 0 Å². The second-order valence-corrected chi connectivity index (χ2v) is 7.92. The molecule has 2 atom stereocenters. The topological polar surface area (TPSA) is 32.7 Å². The van der Waals surface area contributed by atoms with Gasteiger partial charge in [0.1, 0.15) is 17.2 Å². The van der Waals surface area contributed by atoms with Crippen LogP contribution in [-0.4, -0.2) is 37.8 Å². The largest absolute Gasteiger partial charge is 0.497 e. The molecule has 0 amide bonds. The summed E-state index contributed by atoms with van der Waals surface area (Å²) in [5, 5.41) is 12.1. The number of methoxy groups -OCH3 is 1. The molecule has 2 aromatic carbocycles. The van der Waals surface area contributed by atoms with Crippen molar-refractivity contribution in [3.63, 3.8) is 0 Å². The van der Waals surface area contributed by atoms with E-state index in [0.29, 0.717) is 0 Å². The fraction of sp³-hybridized carbons (Fsp3) is 0.417. The Kier molecular flexibility index (Phi) is 6.53. The molecule has 150 valence electrons. The summed E-state index contributed by atoms with van der Waals surface area (Å²) >= 11 is 0.